The molecule has 0 spiro atoms. The van der Waals surface area contributed by atoms with E-state index in [2.05, 4.69) is 19.2 Å². The summed E-state index contributed by atoms with van der Waals surface area (Å²) in [7, 11) is 1.58. The number of rotatable bonds is 8. The standard InChI is InChI=1S/C19H31NO3/c1-8-10-19(6,22-7)18(21)20-16-11-13(3)17(14(4)12-16)23-15(5)9-2/h11-12,15H,8-10H2,1-7H3,(H,20,21)/t15-,19-/m0/s1. The van der Waals surface area contributed by atoms with Crippen molar-refractivity contribution in [1.82, 2.24) is 0 Å². The topological polar surface area (TPSA) is 47.6 Å². The maximum absolute atomic E-state index is 12.5. The number of anilines is 1. The predicted molar refractivity (Wildman–Crippen MR) is 95.2 cm³/mol. The van der Waals surface area contributed by atoms with Crippen molar-refractivity contribution in [3.63, 3.8) is 0 Å². The zero-order valence-corrected chi connectivity index (χ0v) is 15.6. The van der Waals surface area contributed by atoms with Crippen LogP contribution in [0.25, 0.3) is 0 Å². The fourth-order valence-corrected chi connectivity index (χ4v) is 2.54. The molecule has 0 bridgehead atoms. The van der Waals surface area contributed by atoms with Crippen LogP contribution in [0, 0.1) is 13.8 Å². The highest BCUT2D eigenvalue weighted by atomic mass is 16.5. The number of aryl methyl sites for hydroxylation is 2. The predicted octanol–water partition coefficient (Wildman–Crippen LogP) is 4.62. The van der Waals surface area contributed by atoms with Crippen LogP contribution < -0.4 is 10.1 Å². The number of amides is 1. The van der Waals surface area contributed by atoms with E-state index in [1.165, 1.54) is 0 Å². The zero-order chi connectivity index (χ0) is 17.6. The number of nitrogens with one attached hydrogen (secondary N) is 1. The molecule has 0 aliphatic heterocycles. The second-order valence-corrected chi connectivity index (χ2v) is 6.41. The van der Waals surface area contributed by atoms with E-state index < -0.39 is 5.60 Å². The van der Waals surface area contributed by atoms with Gasteiger partial charge in [-0.05, 0) is 63.8 Å². The van der Waals surface area contributed by atoms with Crippen molar-refractivity contribution in [3.05, 3.63) is 23.3 Å². The van der Waals surface area contributed by atoms with E-state index in [0.717, 1.165) is 35.4 Å². The van der Waals surface area contributed by atoms with Crippen LogP contribution in [0.15, 0.2) is 12.1 Å². The first-order valence-corrected chi connectivity index (χ1v) is 8.41. The van der Waals surface area contributed by atoms with Gasteiger partial charge in [0.15, 0.2) is 0 Å². The first-order valence-electron chi connectivity index (χ1n) is 8.41. The van der Waals surface area contributed by atoms with E-state index in [1.807, 2.05) is 39.8 Å². The van der Waals surface area contributed by atoms with Crippen molar-refractivity contribution in [3.8, 4) is 5.75 Å². The summed E-state index contributed by atoms with van der Waals surface area (Å²) in [4.78, 5) is 12.5. The molecule has 1 aromatic carbocycles. The molecule has 0 aromatic heterocycles. The van der Waals surface area contributed by atoms with Gasteiger partial charge in [-0.25, -0.2) is 0 Å². The highest BCUT2D eigenvalue weighted by Gasteiger charge is 2.32. The molecule has 4 heteroatoms. The highest BCUT2D eigenvalue weighted by molar-refractivity contribution is 5.97. The van der Waals surface area contributed by atoms with Crippen LogP contribution in [-0.2, 0) is 9.53 Å². The molecule has 0 fully saturated rings. The molecule has 0 radical (unpaired) electrons. The molecule has 0 saturated heterocycles. The lowest BCUT2D eigenvalue weighted by Gasteiger charge is -2.26. The zero-order valence-electron chi connectivity index (χ0n) is 15.6. The Morgan fingerprint density at radius 3 is 2.26 bits per heavy atom. The van der Waals surface area contributed by atoms with Crippen LogP contribution in [0.4, 0.5) is 5.69 Å². The molecular formula is C19H31NO3. The number of hydrogen-bond donors (Lipinski definition) is 1. The third-order valence-electron chi connectivity index (χ3n) is 4.27. The molecule has 0 saturated carbocycles. The largest absolute Gasteiger partial charge is 0.490 e. The van der Waals surface area contributed by atoms with Gasteiger partial charge in [0.1, 0.15) is 11.4 Å². The number of carbonyl (C=O) groups excluding carboxylic acids is 1. The van der Waals surface area contributed by atoms with Gasteiger partial charge in [0.05, 0.1) is 6.10 Å². The summed E-state index contributed by atoms with van der Waals surface area (Å²) in [6.45, 7) is 12.0. The molecule has 2 atom stereocenters. The van der Waals surface area contributed by atoms with E-state index in [1.54, 1.807) is 7.11 Å². The van der Waals surface area contributed by atoms with Crippen LogP contribution in [0.3, 0.4) is 0 Å². The molecular weight excluding hydrogens is 290 g/mol. The molecule has 1 N–H and O–H groups in total. The minimum Gasteiger partial charge on any atom is -0.490 e. The van der Waals surface area contributed by atoms with Crippen molar-refractivity contribution in [2.24, 2.45) is 0 Å². The molecule has 23 heavy (non-hydrogen) atoms. The molecule has 1 amide bonds. The molecule has 0 aliphatic carbocycles. The second kappa shape index (κ2) is 8.34. The summed E-state index contributed by atoms with van der Waals surface area (Å²) < 4.78 is 11.4. The molecule has 1 aromatic rings. The third-order valence-corrected chi connectivity index (χ3v) is 4.27. The minimum atomic E-state index is -0.803. The molecule has 0 unspecified atom stereocenters. The van der Waals surface area contributed by atoms with Gasteiger partial charge < -0.3 is 14.8 Å². The number of methoxy groups -OCH3 is 1. The lowest BCUT2D eigenvalue weighted by molar-refractivity contribution is -0.136. The van der Waals surface area contributed by atoms with E-state index in [-0.39, 0.29) is 12.0 Å². The molecule has 0 aliphatic rings. The van der Waals surface area contributed by atoms with Crippen LogP contribution in [-0.4, -0.2) is 24.7 Å². The Labute approximate surface area is 140 Å². The third kappa shape index (κ3) is 4.96. The Morgan fingerprint density at radius 2 is 1.83 bits per heavy atom. The van der Waals surface area contributed by atoms with Crippen LogP contribution in [0.1, 0.15) is 58.1 Å². The first-order chi connectivity index (χ1) is 10.8. The fourth-order valence-electron chi connectivity index (χ4n) is 2.54. The molecule has 0 heterocycles. The molecule has 1 rings (SSSR count). The lowest BCUT2D eigenvalue weighted by atomic mass is 9.99. The normalized spacial score (nSPS) is 14.9. The second-order valence-electron chi connectivity index (χ2n) is 6.41. The monoisotopic (exact) mass is 321 g/mol. The summed E-state index contributed by atoms with van der Waals surface area (Å²) in [5, 5.41) is 2.97. The number of hydrogen-bond acceptors (Lipinski definition) is 3. The van der Waals surface area contributed by atoms with Crippen molar-refractivity contribution in [2.45, 2.75) is 72.5 Å². The summed E-state index contributed by atoms with van der Waals surface area (Å²) in [6.07, 6.45) is 2.70. The SMILES string of the molecule is CCC[C@](C)(OC)C(=O)Nc1cc(C)c(O[C@@H](C)CC)c(C)c1. The molecule has 130 valence electrons. The maximum atomic E-state index is 12.5. The van der Waals surface area contributed by atoms with Crippen molar-refractivity contribution < 1.29 is 14.3 Å². The average Bonchev–Trinajstić information content (AvgIpc) is 2.50. The summed E-state index contributed by atoms with van der Waals surface area (Å²) in [6, 6.07) is 3.90. The van der Waals surface area contributed by atoms with Gasteiger partial charge in [0.2, 0.25) is 0 Å². The van der Waals surface area contributed by atoms with Crippen LogP contribution in [0.5, 0.6) is 5.75 Å². The Bertz CT molecular complexity index is 518. The Balaban J connectivity index is 2.97. The van der Waals surface area contributed by atoms with E-state index in [4.69, 9.17) is 9.47 Å². The summed E-state index contributed by atoms with van der Waals surface area (Å²) in [5.41, 5.74) is 2.02. The van der Waals surface area contributed by atoms with Gasteiger partial charge in [-0.2, -0.15) is 0 Å². The van der Waals surface area contributed by atoms with Gasteiger partial charge in [0.25, 0.3) is 5.91 Å². The number of carbonyl (C=O) groups is 1. The van der Waals surface area contributed by atoms with Gasteiger partial charge in [-0.15, -0.1) is 0 Å². The Hall–Kier alpha value is -1.55. The van der Waals surface area contributed by atoms with Gasteiger partial charge >= 0.3 is 0 Å². The fraction of sp³-hybridized carbons (Fsp3) is 0.632. The first kappa shape index (κ1) is 19.5. The van der Waals surface area contributed by atoms with E-state index in [0.29, 0.717) is 6.42 Å². The molecule has 4 nitrogen and oxygen atoms in total. The average molecular weight is 321 g/mol. The van der Waals surface area contributed by atoms with Crippen molar-refractivity contribution in [1.29, 1.82) is 0 Å². The van der Waals surface area contributed by atoms with Crippen molar-refractivity contribution in [2.75, 3.05) is 12.4 Å². The smallest absolute Gasteiger partial charge is 0.256 e. The van der Waals surface area contributed by atoms with Gasteiger partial charge in [-0.1, -0.05) is 20.3 Å². The number of ether oxygens (including phenoxy) is 2. The Morgan fingerprint density at radius 1 is 1.26 bits per heavy atom. The van der Waals surface area contributed by atoms with E-state index in [9.17, 15) is 4.79 Å². The van der Waals surface area contributed by atoms with Gasteiger partial charge in [0, 0.05) is 12.8 Å². The van der Waals surface area contributed by atoms with E-state index >= 15 is 0 Å². The summed E-state index contributed by atoms with van der Waals surface area (Å²) >= 11 is 0. The van der Waals surface area contributed by atoms with Crippen LogP contribution >= 0.6 is 0 Å². The van der Waals surface area contributed by atoms with Crippen molar-refractivity contribution >= 4 is 11.6 Å². The lowest BCUT2D eigenvalue weighted by Crippen LogP contribution is -2.41. The summed E-state index contributed by atoms with van der Waals surface area (Å²) in [5.74, 6) is 0.789. The maximum Gasteiger partial charge on any atom is 0.256 e. The van der Waals surface area contributed by atoms with Crippen LogP contribution in [0.2, 0.25) is 0 Å². The number of benzene rings is 1. The van der Waals surface area contributed by atoms with Gasteiger partial charge in [-0.3, -0.25) is 4.79 Å². The Kier molecular flexibility index (Phi) is 7.07. The minimum absolute atomic E-state index is 0.115. The highest BCUT2D eigenvalue weighted by Crippen LogP contribution is 2.29. The quantitative estimate of drug-likeness (QED) is 0.759.